The quantitative estimate of drug-likeness (QED) is 0.644. The first kappa shape index (κ1) is 15.4. The molecule has 1 aromatic carbocycles. The fraction of sp³-hybridized carbons (Fsp3) is 0.300. The van der Waals surface area contributed by atoms with Gasteiger partial charge in [0.1, 0.15) is 4.90 Å². The van der Waals surface area contributed by atoms with Crippen LogP contribution in [0.4, 0.5) is 13.2 Å². The number of rotatable bonds is 4. The molecule has 0 atom stereocenters. The van der Waals surface area contributed by atoms with E-state index < -0.39 is 44.2 Å². The van der Waals surface area contributed by atoms with Gasteiger partial charge in [0.25, 0.3) is 10.0 Å². The molecule has 5 nitrogen and oxygen atoms in total. The summed E-state index contributed by atoms with van der Waals surface area (Å²) in [5.41, 5.74) is 1.82. The fourth-order valence-corrected chi connectivity index (χ4v) is 1.95. The van der Waals surface area contributed by atoms with Crippen LogP contribution >= 0.6 is 0 Å². The van der Waals surface area contributed by atoms with E-state index in [2.05, 4.69) is 0 Å². The van der Waals surface area contributed by atoms with Gasteiger partial charge < -0.3 is 0 Å². The molecule has 0 spiro atoms. The van der Waals surface area contributed by atoms with Crippen LogP contribution in [0.15, 0.2) is 17.0 Å². The Hall–Kier alpha value is -1.61. The van der Waals surface area contributed by atoms with Crippen LogP contribution < -0.4 is 10.3 Å². The van der Waals surface area contributed by atoms with E-state index in [0.717, 1.165) is 0 Å². The van der Waals surface area contributed by atoms with Crippen molar-refractivity contribution in [2.75, 3.05) is 0 Å². The summed E-state index contributed by atoms with van der Waals surface area (Å²) in [4.78, 5) is 11.6. The molecule has 0 saturated heterocycles. The summed E-state index contributed by atoms with van der Waals surface area (Å²) < 4.78 is 62.1. The number of benzene rings is 1. The fourth-order valence-electron chi connectivity index (χ4n) is 1.03. The van der Waals surface area contributed by atoms with Crippen LogP contribution in [0.3, 0.4) is 0 Å². The standard InChI is InChI=1S/C10H11F3N2O3S/c1-5(2)10(16)14-15-19(17,18)7-4-3-6(11)8(12)9(7)13/h3-5,15H,1-2H3,(H,14,16). The largest absolute Gasteiger partial charge is 0.277 e. The highest BCUT2D eigenvalue weighted by atomic mass is 32.2. The lowest BCUT2D eigenvalue weighted by atomic mass is 10.2. The average Bonchev–Trinajstić information content (AvgIpc) is 2.32. The number of sulfonamides is 1. The van der Waals surface area contributed by atoms with Gasteiger partial charge in [-0.2, -0.15) is 0 Å². The Morgan fingerprint density at radius 1 is 1.16 bits per heavy atom. The zero-order chi connectivity index (χ0) is 14.8. The van der Waals surface area contributed by atoms with Gasteiger partial charge in [-0.1, -0.05) is 13.8 Å². The van der Waals surface area contributed by atoms with Crippen molar-refractivity contribution in [3.05, 3.63) is 29.6 Å². The molecule has 0 aliphatic carbocycles. The van der Waals surface area contributed by atoms with Crippen LogP contribution in [-0.2, 0) is 14.8 Å². The van der Waals surface area contributed by atoms with Gasteiger partial charge in [0, 0.05) is 5.92 Å². The smallest absolute Gasteiger partial charge is 0.260 e. The van der Waals surface area contributed by atoms with Crippen LogP contribution in [0.5, 0.6) is 0 Å². The minimum Gasteiger partial charge on any atom is -0.277 e. The minimum atomic E-state index is -4.52. The average molecular weight is 296 g/mol. The molecule has 1 rings (SSSR count). The zero-order valence-electron chi connectivity index (χ0n) is 10.00. The number of hydrazine groups is 1. The second kappa shape index (κ2) is 5.57. The Morgan fingerprint density at radius 3 is 2.26 bits per heavy atom. The van der Waals surface area contributed by atoms with Crippen LogP contribution in [0.1, 0.15) is 13.8 Å². The highest BCUT2D eigenvalue weighted by Gasteiger charge is 2.24. The monoisotopic (exact) mass is 296 g/mol. The maximum absolute atomic E-state index is 13.3. The SMILES string of the molecule is CC(C)C(=O)NNS(=O)(=O)c1ccc(F)c(F)c1F. The van der Waals surface area contributed by atoms with Crippen molar-refractivity contribution in [1.82, 2.24) is 10.3 Å². The molecule has 0 aliphatic rings. The molecule has 0 bridgehead atoms. The number of amides is 1. The highest BCUT2D eigenvalue weighted by Crippen LogP contribution is 2.19. The maximum Gasteiger partial charge on any atom is 0.260 e. The third-order valence-corrected chi connectivity index (χ3v) is 3.39. The molecule has 0 radical (unpaired) electrons. The lowest BCUT2D eigenvalue weighted by Crippen LogP contribution is -2.43. The van der Waals surface area contributed by atoms with Gasteiger partial charge in [0.15, 0.2) is 17.5 Å². The van der Waals surface area contributed by atoms with Gasteiger partial charge in [-0.25, -0.2) is 21.6 Å². The third-order valence-electron chi connectivity index (χ3n) is 2.12. The van der Waals surface area contributed by atoms with E-state index in [1.54, 1.807) is 4.83 Å². The molecule has 0 aromatic heterocycles. The number of nitrogens with one attached hydrogen (secondary N) is 2. The van der Waals surface area contributed by atoms with Crippen molar-refractivity contribution >= 4 is 15.9 Å². The number of hydrogen-bond donors (Lipinski definition) is 2. The molecule has 1 aromatic rings. The van der Waals surface area contributed by atoms with Crippen LogP contribution in [0, 0.1) is 23.4 Å². The molecule has 9 heteroatoms. The van der Waals surface area contributed by atoms with Crippen LogP contribution in [0.2, 0.25) is 0 Å². The van der Waals surface area contributed by atoms with E-state index in [1.807, 2.05) is 5.43 Å². The second-order valence-electron chi connectivity index (χ2n) is 3.92. The normalized spacial score (nSPS) is 11.7. The van der Waals surface area contributed by atoms with Crippen molar-refractivity contribution in [1.29, 1.82) is 0 Å². The molecular weight excluding hydrogens is 285 g/mol. The Morgan fingerprint density at radius 2 is 1.74 bits per heavy atom. The van der Waals surface area contributed by atoms with E-state index in [4.69, 9.17) is 0 Å². The van der Waals surface area contributed by atoms with E-state index in [0.29, 0.717) is 12.1 Å². The number of carbonyl (C=O) groups excluding carboxylic acids is 1. The Labute approximate surface area is 107 Å². The zero-order valence-corrected chi connectivity index (χ0v) is 10.8. The summed E-state index contributed by atoms with van der Waals surface area (Å²) in [6, 6.07) is 1.02. The molecule has 19 heavy (non-hydrogen) atoms. The molecule has 106 valence electrons. The van der Waals surface area contributed by atoms with Crippen LogP contribution in [0.25, 0.3) is 0 Å². The lowest BCUT2D eigenvalue weighted by molar-refractivity contribution is -0.124. The van der Waals surface area contributed by atoms with Crippen molar-refractivity contribution < 1.29 is 26.4 Å². The molecule has 2 N–H and O–H groups in total. The predicted octanol–water partition coefficient (Wildman–Crippen LogP) is 1.07. The third kappa shape index (κ3) is 3.44. The van der Waals surface area contributed by atoms with Gasteiger partial charge in [-0.05, 0) is 12.1 Å². The van der Waals surface area contributed by atoms with E-state index in [9.17, 15) is 26.4 Å². The first-order valence-corrected chi connectivity index (χ1v) is 6.60. The summed E-state index contributed by atoms with van der Waals surface area (Å²) in [5, 5.41) is 0. The predicted molar refractivity (Wildman–Crippen MR) is 59.6 cm³/mol. The summed E-state index contributed by atoms with van der Waals surface area (Å²) in [5.74, 6) is -6.45. The van der Waals surface area contributed by atoms with Gasteiger partial charge in [-0.15, -0.1) is 4.83 Å². The molecule has 1 amide bonds. The van der Waals surface area contributed by atoms with Crippen LogP contribution in [-0.4, -0.2) is 14.3 Å². The van der Waals surface area contributed by atoms with E-state index >= 15 is 0 Å². The van der Waals surface area contributed by atoms with Gasteiger partial charge >= 0.3 is 0 Å². The van der Waals surface area contributed by atoms with Crippen molar-refractivity contribution in [3.8, 4) is 0 Å². The molecule has 0 heterocycles. The second-order valence-corrected chi connectivity index (χ2v) is 5.57. The number of hydrogen-bond acceptors (Lipinski definition) is 3. The minimum absolute atomic E-state index is 0.469. The molecule has 0 saturated carbocycles. The molecule has 0 fully saturated rings. The Bertz CT molecular complexity index is 602. The molecule has 0 aliphatic heterocycles. The van der Waals surface area contributed by atoms with Crippen molar-refractivity contribution in [2.24, 2.45) is 5.92 Å². The first-order chi connectivity index (χ1) is 8.66. The summed E-state index contributed by atoms with van der Waals surface area (Å²) in [6.45, 7) is 3.00. The van der Waals surface area contributed by atoms with E-state index in [1.165, 1.54) is 13.8 Å². The Kier molecular flexibility index (Phi) is 4.53. The van der Waals surface area contributed by atoms with Gasteiger partial charge in [-0.3, -0.25) is 10.2 Å². The summed E-state index contributed by atoms with van der Waals surface area (Å²) >= 11 is 0. The Balaban J connectivity index is 3.02. The maximum atomic E-state index is 13.3. The van der Waals surface area contributed by atoms with Gasteiger partial charge in [0.2, 0.25) is 5.91 Å². The van der Waals surface area contributed by atoms with Gasteiger partial charge in [0.05, 0.1) is 0 Å². The molecular formula is C10H11F3N2O3S. The topological polar surface area (TPSA) is 75.3 Å². The summed E-state index contributed by atoms with van der Waals surface area (Å²) in [6.07, 6.45) is 0. The van der Waals surface area contributed by atoms with Crippen molar-refractivity contribution in [3.63, 3.8) is 0 Å². The first-order valence-electron chi connectivity index (χ1n) is 5.12. The van der Waals surface area contributed by atoms with E-state index in [-0.39, 0.29) is 0 Å². The summed E-state index contributed by atoms with van der Waals surface area (Å²) in [7, 11) is -4.52. The van der Waals surface area contributed by atoms with Crippen molar-refractivity contribution in [2.45, 2.75) is 18.7 Å². The molecule has 0 unspecified atom stereocenters. The highest BCUT2D eigenvalue weighted by molar-refractivity contribution is 7.89. The number of carbonyl (C=O) groups is 1. The number of halogens is 3. The lowest BCUT2D eigenvalue weighted by Gasteiger charge is -2.10.